The average Bonchev–Trinajstić information content (AvgIpc) is 2.55. The lowest BCUT2D eigenvalue weighted by atomic mass is 10.0. The number of aliphatic hydroxyl groups excluding tert-OH is 1. The van der Waals surface area contributed by atoms with E-state index in [9.17, 15) is 5.11 Å². The van der Waals surface area contributed by atoms with E-state index >= 15 is 0 Å². The average molecular weight is 328 g/mol. The molecule has 2 aromatic carbocycles. The van der Waals surface area contributed by atoms with Gasteiger partial charge < -0.3 is 20.1 Å². The Kier molecular flexibility index (Phi) is 6.64. The van der Waals surface area contributed by atoms with Gasteiger partial charge in [0.2, 0.25) is 0 Å². The molecule has 4 heteroatoms. The molecule has 2 aromatic rings. The maximum Gasteiger partial charge on any atom is 0.119 e. The second kappa shape index (κ2) is 8.71. The Bertz CT molecular complexity index is 639. The van der Waals surface area contributed by atoms with Crippen LogP contribution in [0.5, 0.6) is 5.75 Å². The molecule has 2 rings (SSSR count). The minimum absolute atomic E-state index is 0.299. The van der Waals surface area contributed by atoms with Gasteiger partial charge in [0, 0.05) is 18.8 Å². The van der Waals surface area contributed by atoms with Crippen LogP contribution < -0.4 is 10.1 Å². The Hall–Kier alpha value is -2.04. The van der Waals surface area contributed by atoms with E-state index in [1.807, 2.05) is 43.3 Å². The number of anilines is 1. The number of likely N-dealkylation sites (N-methyl/N-ethyl adjacent to an activating group) is 1. The van der Waals surface area contributed by atoms with Crippen molar-refractivity contribution in [3.63, 3.8) is 0 Å². The van der Waals surface area contributed by atoms with Crippen molar-refractivity contribution in [2.75, 3.05) is 32.6 Å². The first-order valence-electron chi connectivity index (χ1n) is 8.30. The summed E-state index contributed by atoms with van der Waals surface area (Å²) in [6, 6.07) is 14.2. The molecule has 0 bridgehead atoms. The molecule has 0 aliphatic carbocycles. The number of hydrogen-bond donors (Lipinski definition) is 2. The van der Waals surface area contributed by atoms with Crippen LogP contribution in [0, 0.1) is 13.8 Å². The smallest absolute Gasteiger partial charge is 0.119 e. The van der Waals surface area contributed by atoms with Crippen molar-refractivity contribution in [2.45, 2.75) is 26.5 Å². The number of nitrogens with zero attached hydrogens (tertiary/aromatic N) is 1. The summed E-state index contributed by atoms with van der Waals surface area (Å²) < 4.78 is 5.62. The van der Waals surface area contributed by atoms with Crippen molar-refractivity contribution in [3.8, 4) is 5.75 Å². The van der Waals surface area contributed by atoms with E-state index in [1.165, 1.54) is 16.7 Å². The van der Waals surface area contributed by atoms with Gasteiger partial charge in [-0.05, 0) is 68.9 Å². The standard InChI is InChI=1S/C20H28N2O2/c1-15-6-5-7-17(16(15)2)12-21-18-8-10-20(11-9-18)24-14-19(23)13-22(3)4/h5-11,19,21,23H,12-14H2,1-4H3. The van der Waals surface area contributed by atoms with Crippen LogP contribution in [0.2, 0.25) is 0 Å². The van der Waals surface area contributed by atoms with Gasteiger partial charge in [-0.3, -0.25) is 0 Å². The molecule has 4 nitrogen and oxygen atoms in total. The number of aryl methyl sites for hydroxylation is 1. The van der Waals surface area contributed by atoms with Gasteiger partial charge in [0.25, 0.3) is 0 Å². The molecular formula is C20H28N2O2. The van der Waals surface area contributed by atoms with Gasteiger partial charge in [0.15, 0.2) is 0 Å². The zero-order valence-electron chi connectivity index (χ0n) is 15.0. The number of ether oxygens (including phenoxy) is 1. The molecule has 2 N–H and O–H groups in total. The van der Waals surface area contributed by atoms with E-state index in [2.05, 4.69) is 37.4 Å². The number of rotatable bonds is 8. The summed E-state index contributed by atoms with van der Waals surface area (Å²) >= 11 is 0. The van der Waals surface area contributed by atoms with Gasteiger partial charge >= 0.3 is 0 Å². The number of benzene rings is 2. The van der Waals surface area contributed by atoms with Crippen molar-refractivity contribution >= 4 is 5.69 Å². The Balaban J connectivity index is 1.85. The van der Waals surface area contributed by atoms with Crippen LogP contribution in [-0.2, 0) is 6.54 Å². The molecule has 24 heavy (non-hydrogen) atoms. The molecule has 0 heterocycles. The van der Waals surface area contributed by atoms with Crippen molar-refractivity contribution in [3.05, 3.63) is 59.2 Å². The highest BCUT2D eigenvalue weighted by Crippen LogP contribution is 2.18. The second-order valence-electron chi connectivity index (χ2n) is 6.46. The molecule has 0 aliphatic heterocycles. The van der Waals surface area contributed by atoms with E-state index in [0.29, 0.717) is 13.2 Å². The third-order valence-electron chi connectivity index (χ3n) is 4.07. The molecule has 0 spiro atoms. The van der Waals surface area contributed by atoms with Crippen LogP contribution in [0.3, 0.4) is 0 Å². The highest BCUT2D eigenvalue weighted by Gasteiger charge is 2.06. The molecule has 130 valence electrons. The number of hydrogen-bond acceptors (Lipinski definition) is 4. The molecule has 0 aliphatic rings. The molecule has 0 fully saturated rings. The van der Waals surface area contributed by atoms with Gasteiger partial charge in [0.1, 0.15) is 18.5 Å². The minimum Gasteiger partial charge on any atom is -0.491 e. The summed E-state index contributed by atoms with van der Waals surface area (Å²) in [7, 11) is 3.86. The monoisotopic (exact) mass is 328 g/mol. The Labute approximate surface area is 145 Å². The summed E-state index contributed by atoms with van der Waals surface area (Å²) in [5.41, 5.74) is 5.01. The lowest BCUT2D eigenvalue weighted by molar-refractivity contribution is 0.0831. The predicted octanol–water partition coefficient (Wildman–Crippen LogP) is 3.22. The quantitative estimate of drug-likeness (QED) is 0.781. The SMILES string of the molecule is Cc1cccc(CNc2ccc(OCC(O)CN(C)C)cc2)c1C. The summed E-state index contributed by atoms with van der Waals surface area (Å²) in [5, 5.41) is 13.3. The fourth-order valence-electron chi connectivity index (χ4n) is 2.54. The Morgan fingerprint density at radius 2 is 1.79 bits per heavy atom. The Morgan fingerprint density at radius 1 is 1.08 bits per heavy atom. The van der Waals surface area contributed by atoms with Crippen LogP contribution >= 0.6 is 0 Å². The highest BCUT2D eigenvalue weighted by atomic mass is 16.5. The van der Waals surface area contributed by atoms with E-state index in [1.54, 1.807) is 0 Å². The summed E-state index contributed by atoms with van der Waals surface area (Å²) in [6.45, 7) is 5.98. The van der Waals surface area contributed by atoms with Crippen molar-refractivity contribution in [1.29, 1.82) is 0 Å². The van der Waals surface area contributed by atoms with E-state index in [4.69, 9.17) is 4.74 Å². The maximum absolute atomic E-state index is 9.82. The maximum atomic E-state index is 9.82. The molecule has 0 saturated carbocycles. The van der Waals surface area contributed by atoms with Crippen LogP contribution in [-0.4, -0.2) is 43.4 Å². The van der Waals surface area contributed by atoms with Crippen molar-refractivity contribution in [1.82, 2.24) is 4.90 Å². The van der Waals surface area contributed by atoms with Gasteiger partial charge in [-0.25, -0.2) is 0 Å². The zero-order valence-corrected chi connectivity index (χ0v) is 15.0. The van der Waals surface area contributed by atoms with Crippen LogP contribution in [0.15, 0.2) is 42.5 Å². The molecular weight excluding hydrogens is 300 g/mol. The Morgan fingerprint density at radius 3 is 2.46 bits per heavy atom. The largest absolute Gasteiger partial charge is 0.491 e. The van der Waals surface area contributed by atoms with E-state index in [0.717, 1.165) is 18.0 Å². The van der Waals surface area contributed by atoms with Crippen molar-refractivity contribution < 1.29 is 9.84 Å². The molecule has 0 aromatic heterocycles. The summed E-state index contributed by atoms with van der Waals surface area (Å²) in [6.07, 6.45) is -0.484. The third kappa shape index (κ3) is 5.55. The topological polar surface area (TPSA) is 44.7 Å². The fraction of sp³-hybridized carbons (Fsp3) is 0.400. The third-order valence-corrected chi connectivity index (χ3v) is 4.07. The molecule has 0 amide bonds. The second-order valence-corrected chi connectivity index (χ2v) is 6.46. The molecule has 0 saturated heterocycles. The first kappa shape index (κ1) is 18.3. The van der Waals surface area contributed by atoms with Crippen LogP contribution in [0.1, 0.15) is 16.7 Å². The van der Waals surface area contributed by atoms with Crippen molar-refractivity contribution in [2.24, 2.45) is 0 Å². The first-order chi connectivity index (χ1) is 11.5. The fourth-order valence-corrected chi connectivity index (χ4v) is 2.54. The number of aliphatic hydroxyl groups is 1. The molecule has 1 atom stereocenters. The minimum atomic E-state index is -0.484. The van der Waals surface area contributed by atoms with Crippen LogP contribution in [0.4, 0.5) is 5.69 Å². The summed E-state index contributed by atoms with van der Waals surface area (Å²) in [5.74, 6) is 0.769. The van der Waals surface area contributed by atoms with Gasteiger partial charge in [-0.15, -0.1) is 0 Å². The van der Waals surface area contributed by atoms with E-state index < -0.39 is 6.10 Å². The molecule has 1 unspecified atom stereocenters. The first-order valence-corrected chi connectivity index (χ1v) is 8.30. The van der Waals surface area contributed by atoms with E-state index in [-0.39, 0.29) is 0 Å². The van der Waals surface area contributed by atoms with Gasteiger partial charge in [0.05, 0.1) is 0 Å². The lowest BCUT2D eigenvalue weighted by Gasteiger charge is -2.16. The summed E-state index contributed by atoms with van der Waals surface area (Å²) in [4.78, 5) is 1.94. The normalized spacial score (nSPS) is 12.2. The van der Waals surface area contributed by atoms with Crippen LogP contribution in [0.25, 0.3) is 0 Å². The number of nitrogens with one attached hydrogen (secondary N) is 1. The van der Waals surface area contributed by atoms with Gasteiger partial charge in [-0.2, -0.15) is 0 Å². The van der Waals surface area contributed by atoms with Gasteiger partial charge in [-0.1, -0.05) is 18.2 Å². The molecule has 0 radical (unpaired) electrons. The highest BCUT2D eigenvalue weighted by molar-refractivity contribution is 5.47. The lowest BCUT2D eigenvalue weighted by Crippen LogP contribution is -2.30. The zero-order chi connectivity index (χ0) is 17.5. The predicted molar refractivity (Wildman–Crippen MR) is 99.7 cm³/mol.